The lowest BCUT2D eigenvalue weighted by atomic mass is 9.81. The summed E-state index contributed by atoms with van der Waals surface area (Å²) in [5, 5.41) is 9.12. The summed E-state index contributed by atoms with van der Waals surface area (Å²) in [6.07, 6.45) is 5.70. The van der Waals surface area contributed by atoms with Gasteiger partial charge in [0.25, 0.3) is 0 Å². The van der Waals surface area contributed by atoms with Gasteiger partial charge in [0.1, 0.15) is 6.10 Å². The van der Waals surface area contributed by atoms with Crippen molar-refractivity contribution in [2.75, 3.05) is 0 Å². The summed E-state index contributed by atoms with van der Waals surface area (Å²) < 4.78 is 5.89. The van der Waals surface area contributed by atoms with Crippen molar-refractivity contribution >= 4 is 11.9 Å². The first-order chi connectivity index (χ1) is 10.2. The van der Waals surface area contributed by atoms with Gasteiger partial charge in [-0.1, -0.05) is 37.5 Å². The largest absolute Gasteiger partial charge is 0.481 e. The zero-order valence-corrected chi connectivity index (χ0v) is 12.1. The number of hydrogen-bond donors (Lipinski definition) is 1. The number of ether oxygens (including phenoxy) is 1. The third-order valence-corrected chi connectivity index (χ3v) is 4.44. The first-order valence-electron chi connectivity index (χ1n) is 7.76. The van der Waals surface area contributed by atoms with Crippen LogP contribution in [0, 0.1) is 5.92 Å². The third-order valence-electron chi connectivity index (χ3n) is 4.44. The van der Waals surface area contributed by atoms with Gasteiger partial charge in [-0.3, -0.25) is 4.79 Å². The number of carboxylic acids is 1. The van der Waals surface area contributed by atoms with E-state index >= 15 is 0 Å². The minimum absolute atomic E-state index is 0.00314. The zero-order valence-electron chi connectivity index (χ0n) is 12.1. The molecule has 1 saturated carbocycles. The van der Waals surface area contributed by atoms with E-state index in [-0.39, 0.29) is 18.6 Å². The van der Waals surface area contributed by atoms with E-state index in [1.165, 1.54) is 19.3 Å². The fraction of sp³-hybridized carbons (Fsp3) is 0.529. The molecule has 0 amide bonds. The Morgan fingerprint density at radius 2 is 1.90 bits per heavy atom. The second-order valence-electron chi connectivity index (χ2n) is 5.94. The number of rotatable bonds is 4. The van der Waals surface area contributed by atoms with Crippen molar-refractivity contribution in [2.24, 2.45) is 10.9 Å². The topological polar surface area (TPSA) is 58.9 Å². The predicted octanol–water partition coefficient (Wildman–Crippen LogP) is 3.26. The number of aliphatic imine (C=N–C) groups is 1. The first kappa shape index (κ1) is 14.1. The molecular weight excluding hydrogens is 266 g/mol. The van der Waals surface area contributed by atoms with Crippen LogP contribution in [0.5, 0.6) is 0 Å². The van der Waals surface area contributed by atoms with E-state index in [1.54, 1.807) is 0 Å². The Kier molecular flexibility index (Phi) is 4.23. The number of aliphatic carboxylic acids is 1. The van der Waals surface area contributed by atoms with Crippen molar-refractivity contribution in [1.29, 1.82) is 0 Å². The van der Waals surface area contributed by atoms with Crippen LogP contribution in [-0.4, -0.2) is 29.1 Å². The van der Waals surface area contributed by atoms with E-state index in [4.69, 9.17) is 14.8 Å². The molecule has 2 aliphatic rings. The SMILES string of the molecule is O=C(O)C[C@@H]1OC(c2ccccc2)=N[C@H]1C1CCCCC1. The Labute approximate surface area is 124 Å². The van der Waals surface area contributed by atoms with Gasteiger partial charge in [-0.15, -0.1) is 0 Å². The van der Waals surface area contributed by atoms with Gasteiger partial charge in [0.2, 0.25) is 5.90 Å². The average Bonchev–Trinajstić information content (AvgIpc) is 2.92. The summed E-state index contributed by atoms with van der Waals surface area (Å²) in [6, 6.07) is 9.76. The molecule has 1 aliphatic carbocycles. The molecule has 0 aromatic heterocycles. The molecule has 0 spiro atoms. The maximum absolute atomic E-state index is 11.1. The molecule has 1 aromatic rings. The van der Waals surface area contributed by atoms with Crippen LogP contribution in [-0.2, 0) is 9.53 Å². The summed E-state index contributed by atoms with van der Waals surface area (Å²) in [6.45, 7) is 0. The highest BCUT2D eigenvalue weighted by Gasteiger charge is 2.38. The molecular formula is C17H21NO3. The highest BCUT2D eigenvalue weighted by Crippen LogP contribution is 2.34. The van der Waals surface area contributed by atoms with E-state index in [0.29, 0.717) is 11.8 Å². The molecule has 21 heavy (non-hydrogen) atoms. The van der Waals surface area contributed by atoms with Crippen molar-refractivity contribution in [1.82, 2.24) is 0 Å². The van der Waals surface area contributed by atoms with E-state index in [1.807, 2.05) is 30.3 Å². The minimum atomic E-state index is -0.815. The van der Waals surface area contributed by atoms with Crippen molar-refractivity contribution < 1.29 is 14.6 Å². The average molecular weight is 287 g/mol. The Hall–Kier alpha value is -1.84. The molecule has 4 heteroatoms. The second kappa shape index (κ2) is 6.29. The maximum Gasteiger partial charge on any atom is 0.307 e. The molecule has 1 aliphatic heterocycles. The van der Waals surface area contributed by atoms with Crippen LogP contribution in [0.15, 0.2) is 35.3 Å². The van der Waals surface area contributed by atoms with Crippen LogP contribution in [0.3, 0.4) is 0 Å². The van der Waals surface area contributed by atoms with E-state index < -0.39 is 5.97 Å². The number of nitrogens with zero attached hydrogens (tertiary/aromatic N) is 1. The molecule has 0 saturated heterocycles. The van der Waals surface area contributed by atoms with Crippen LogP contribution in [0.1, 0.15) is 44.1 Å². The fourth-order valence-electron chi connectivity index (χ4n) is 3.40. The molecule has 1 fully saturated rings. The minimum Gasteiger partial charge on any atom is -0.481 e. The van der Waals surface area contributed by atoms with Crippen molar-refractivity contribution in [3.05, 3.63) is 35.9 Å². The molecule has 2 atom stereocenters. The van der Waals surface area contributed by atoms with E-state index in [9.17, 15) is 4.79 Å². The van der Waals surface area contributed by atoms with Gasteiger partial charge in [0.05, 0.1) is 12.5 Å². The standard InChI is InChI=1S/C17H21NO3/c19-15(20)11-14-16(12-7-3-1-4-8-12)18-17(21-14)13-9-5-2-6-10-13/h2,5-6,9-10,12,14,16H,1,3-4,7-8,11H2,(H,19,20)/t14-,16-/m0/s1. The Balaban J connectivity index is 1.81. The number of hydrogen-bond acceptors (Lipinski definition) is 3. The molecule has 0 unspecified atom stereocenters. The predicted molar refractivity (Wildman–Crippen MR) is 80.5 cm³/mol. The second-order valence-corrected chi connectivity index (χ2v) is 5.94. The normalized spacial score (nSPS) is 26.2. The molecule has 0 radical (unpaired) electrons. The van der Waals surface area contributed by atoms with Gasteiger partial charge < -0.3 is 9.84 Å². The van der Waals surface area contributed by atoms with Gasteiger partial charge in [0, 0.05) is 5.56 Å². The van der Waals surface area contributed by atoms with Crippen LogP contribution < -0.4 is 0 Å². The highest BCUT2D eigenvalue weighted by atomic mass is 16.5. The summed E-state index contributed by atoms with van der Waals surface area (Å²) in [7, 11) is 0. The van der Waals surface area contributed by atoms with Crippen molar-refractivity contribution in [3.63, 3.8) is 0 Å². The smallest absolute Gasteiger partial charge is 0.307 e. The summed E-state index contributed by atoms with van der Waals surface area (Å²) >= 11 is 0. The molecule has 0 bridgehead atoms. The highest BCUT2D eigenvalue weighted by molar-refractivity contribution is 5.95. The maximum atomic E-state index is 11.1. The summed E-state index contributed by atoms with van der Waals surface area (Å²) in [5.74, 6) is 0.257. The molecule has 4 nitrogen and oxygen atoms in total. The lowest BCUT2D eigenvalue weighted by Gasteiger charge is -2.28. The Morgan fingerprint density at radius 1 is 1.19 bits per heavy atom. The number of carbonyl (C=O) groups is 1. The number of benzene rings is 1. The quantitative estimate of drug-likeness (QED) is 0.924. The summed E-state index contributed by atoms with van der Waals surface area (Å²) in [4.78, 5) is 15.8. The first-order valence-corrected chi connectivity index (χ1v) is 7.76. The Bertz CT molecular complexity index is 520. The van der Waals surface area contributed by atoms with Crippen molar-refractivity contribution in [2.45, 2.75) is 50.7 Å². The van der Waals surface area contributed by atoms with Gasteiger partial charge in [0.15, 0.2) is 0 Å². The van der Waals surface area contributed by atoms with Crippen molar-refractivity contribution in [3.8, 4) is 0 Å². The lowest BCUT2D eigenvalue weighted by molar-refractivity contribution is -0.139. The lowest BCUT2D eigenvalue weighted by Crippen LogP contribution is -2.33. The van der Waals surface area contributed by atoms with Gasteiger partial charge in [-0.2, -0.15) is 0 Å². The zero-order chi connectivity index (χ0) is 14.7. The monoisotopic (exact) mass is 287 g/mol. The van der Waals surface area contributed by atoms with Gasteiger partial charge in [-0.05, 0) is 30.9 Å². The van der Waals surface area contributed by atoms with E-state index in [0.717, 1.165) is 18.4 Å². The summed E-state index contributed by atoms with van der Waals surface area (Å²) in [5.41, 5.74) is 0.936. The van der Waals surface area contributed by atoms with Crippen LogP contribution in [0.2, 0.25) is 0 Å². The van der Waals surface area contributed by atoms with E-state index in [2.05, 4.69) is 0 Å². The third kappa shape index (κ3) is 3.26. The molecule has 1 heterocycles. The van der Waals surface area contributed by atoms with Gasteiger partial charge >= 0.3 is 5.97 Å². The molecule has 112 valence electrons. The van der Waals surface area contributed by atoms with Crippen LogP contribution in [0.4, 0.5) is 0 Å². The van der Waals surface area contributed by atoms with Crippen LogP contribution in [0.25, 0.3) is 0 Å². The number of carboxylic acid groups (broad SMARTS) is 1. The molecule has 3 rings (SSSR count). The Morgan fingerprint density at radius 3 is 2.57 bits per heavy atom. The molecule has 1 aromatic carbocycles. The fourth-order valence-corrected chi connectivity index (χ4v) is 3.40. The molecule has 1 N–H and O–H groups in total. The van der Waals surface area contributed by atoms with Crippen LogP contribution >= 0.6 is 0 Å². The van der Waals surface area contributed by atoms with Gasteiger partial charge in [-0.25, -0.2) is 4.99 Å².